The predicted molar refractivity (Wildman–Crippen MR) is 86.9 cm³/mol. The lowest BCUT2D eigenvalue weighted by Crippen LogP contribution is -2.46. The highest BCUT2D eigenvalue weighted by Crippen LogP contribution is 2.38. The van der Waals surface area contributed by atoms with Gasteiger partial charge in [0.2, 0.25) is 0 Å². The normalized spacial score (nSPS) is 23.1. The Morgan fingerprint density at radius 1 is 1.37 bits per heavy atom. The molecule has 0 aromatic heterocycles. The Balaban J connectivity index is 2.36. The quantitative estimate of drug-likeness (QED) is 0.814. The van der Waals surface area contributed by atoms with Crippen molar-refractivity contribution >= 4 is 31.9 Å². The summed E-state index contributed by atoms with van der Waals surface area (Å²) in [6, 6.07) is 4.21. The first-order chi connectivity index (χ1) is 8.98. The highest BCUT2D eigenvalue weighted by Gasteiger charge is 2.37. The Labute approximate surface area is 132 Å². The van der Waals surface area contributed by atoms with Crippen molar-refractivity contribution in [2.24, 2.45) is 5.92 Å². The van der Waals surface area contributed by atoms with Crippen LogP contribution in [-0.4, -0.2) is 19.2 Å². The molecular weight excluding hydrogens is 370 g/mol. The van der Waals surface area contributed by atoms with Crippen LogP contribution in [0.1, 0.15) is 32.3 Å². The fraction of sp³-hybridized carbons (Fsp3) is 0.600. The molecule has 1 N–H and O–H groups in total. The minimum atomic E-state index is 0.202. The standard InChI is InChI=1S/C15H21Br2NO/c1-10(2)15(5-4-6-18-15)9-11-7-12(16)8-13(17)14(11)19-3/h7-8,10,18H,4-6,9H2,1-3H3. The van der Waals surface area contributed by atoms with Crippen LogP contribution in [0.2, 0.25) is 0 Å². The number of ether oxygens (including phenoxy) is 1. The summed E-state index contributed by atoms with van der Waals surface area (Å²) in [6.45, 7) is 5.73. The molecule has 19 heavy (non-hydrogen) atoms. The van der Waals surface area contributed by atoms with Crippen molar-refractivity contribution in [2.45, 2.75) is 38.6 Å². The SMILES string of the molecule is COc1c(Br)cc(Br)cc1CC1(C(C)C)CCCN1. The monoisotopic (exact) mass is 389 g/mol. The summed E-state index contributed by atoms with van der Waals surface area (Å²) in [4.78, 5) is 0. The van der Waals surface area contributed by atoms with Crippen molar-refractivity contribution < 1.29 is 4.74 Å². The minimum absolute atomic E-state index is 0.202. The Morgan fingerprint density at radius 2 is 2.11 bits per heavy atom. The summed E-state index contributed by atoms with van der Waals surface area (Å²) in [5.74, 6) is 1.56. The minimum Gasteiger partial charge on any atom is -0.495 e. The summed E-state index contributed by atoms with van der Waals surface area (Å²) >= 11 is 7.16. The molecule has 1 aliphatic heterocycles. The number of nitrogens with one attached hydrogen (secondary N) is 1. The van der Waals surface area contributed by atoms with E-state index in [4.69, 9.17) is 4.74 Å². The van der Waals surface area contributed by atoms with E-state index in [1.54, 1.807) is 7.11 Å². The van der Waals surface area contributed by atoms with E-state index in [-0.39, 0.29) is 5.54 Å². The van der Waals surface area contributed by atoms with Gasteiger partial charge in [0.1, 0.15) is 5.75 Å². The molecule has 1 aromatic carbocycles. The van der Waals surface area contributed by atoms with Crippen molar-refractivity contribution in [1.82, 2.24) is 5.32 Å². The van der Waals surface area contributed by atoms with Gasteiger partial charge in [-0.3, -0.25) is 0 Å². The molecule has 0 radical (unpaired) electrons. The molecule has 1 fully saturated rings. The van der Waals surface area contributed by atoms with E-state index in [1.807, 2.05) is 6.07 Å². The molecule has 1 atom stereocenters. The van der Waals surface area contributed by atoms with Gasteiger partial charge in [-0.25, -0.2) is 0 Å². The van der Waals surface area contributed by atoms with Gasteiger partial charge in [-0.05, 0) is 65.4 Å². The maximum atomic E-state index is 5.57. The number of hydrogen-bond acceptors (Lipinski definition) is 2. The van der Waals surface area contributed by atoms with E-state index >= 15 is 0 Å². The van der Waals surface area contributed by atoms with Crippen LogP contribution in [0.5, 0.6) is 5.75 Å². The van der Waals surface area contributed by atoms with Crippen molar-refractivity contribution in [3.8, 4) is 5.75 Å². The molecule has 1 unspecified atom stereocenters. The number of benzene rings is 1. The molecule has 0 bridgehead atoms. The predicted octanol–water partition coefficient (Wildman–Crippen LogP) is 4.54. The van der Waals surface area contributed by atoms with E-state index in [9.17, 15) is 0 Å². The first-order valence-electron chi connectivity index (χ1n) is 6.75. The summed E-state index contributed by atoms with van der Waals surface area (Å²) in [5, 5.41) is 3.72. The van der Waals surface area contributed by atoms with Crippen molar-refractivity contribution in [2.75, 3.05) is 13.7 Å². The molecule has 1 aromatic rings. The second kappa shape index (κ2) is 6.15. The fourth-order valence-electron chi connectivity index (χ4n) is 2.99. The molecule has 0 aliphatic carbocycles. The van der Waals surface area contributed by atoms with Crippen LogP contribution in [0.3, 0.4) is 0 Å². The van der Waals surface area contributed by atoms with E-state index in [1.165, 1.54) is 18.4 Å². The zero-order valence-electron chi connectivity index (χ0n) is 11.7. The number of methoxy groups -OCH3 is 1. The molecule has 1 saturated heterocycles. The molecule has 106 valence electrons. The molecule has 0 spiro atoms. The first kappa shape index (κ1) is 15.3. The second-order valence-corrected chi connectivity index (χ2v) is 7.37. The third kappa shape index (κ3) is 3.17. The summed E-state index contributed by atoms with van der Waals surface area (Å²) < 4.78 is 7.67. The van der Waals surface area contributed by atoms with Gasteiger partial charge >= 0.3 is 0 Å². The molecular formula is C15H21Br2NO. The van der Waals surface area contributed by atoms with Crippen LogP contribution in [0.25, 0.3) is 0 Å². The number of hydrogen-bond donors (Lipinski definition) is 1. The van der Waals surface area contributed by atoms with Gasteiger partial charge in [0.05, 0.1) is 11.6 Å². The summed E-state index contributed by atoms with van der Waals surface area (Å²) in [5.41, 5.74) is 1.46. The third-order valence-electron chi connectivity index (χ3n) is 4.18. The Kier molecular flexibility index (Phi) is 4.96. The van der Waals surface area contributed by atoms with Gasteiger partial charge in [0.25, 0.3) is 0 Å². The zero-order valence-corrected chi connectivity index (χ0v) is 14.9. The van der Waals surface area contributed by atoms with Crippen LogP contribution in [0.4, 0.5) is 0 Å². The maximum Gasteiger partial charge on any atom is 0.136 e. The van der Waals surface area contributed by atoms with Crippen molar-refractivity contribution in [3.05, 3.63) is 26.6 Å². The molecule has 4 heteroatoms. The third-order valence-corrected chi connectivity index (χ3v) is 5.22. The lowest BCUT2D eigenvalue weighted by molar-refractivity contribution is 0.265. The summed E-state index contributed by atoms with van der Waals surface area (Å²) in [7, 11) is 1.74. The molecule has 0 saturated carbocycles. The Bertz CT molecular complexity index is 454. The van der Waals surface area contributed by atoms with Crippen molar-refractivity contribution in [3.63, 3.8) is 0 Å². The second-order valence-electron chi connectivity index (χ2n) is 5.60. The summed E-state index contributed by atoms with van der Waals surface area (Å²) in [6.07, 6.45) is 3.50. The van der Waals surface area contributed by atoms with Crippen LogP contribution in [0.15, 0.2) is 21.1 Å². The van der Waals surface area contributed by atoms with Crippen LogP contribution < -0.4 is 10.1 Å². The number of rotatable bonds is 4. The van der Waals surface area contributed by atoms with E-state index in [0.717, 1.165) is 27.7 Å². The molecule has 2 nitrogen and oxygen atoms in total. The van der Waals surface area contributed by atoms with Gasteiger partial charge in [-0.1, -0.05) is 29.8 Å². The first-order valence-corrected chi connectivity index (χ1v) is 8.34. The molecule has 1 heterocycles. The average molecular weight is 391 g/mol. The van der Waals surface area contributed by atoms with Crippen LogP contribution in [-0.2, 0) is 6.42 Å². The molecule has 2 rings (SSSR count). The fourth-order valence-corrected chi connectivity index (χ4v) is 4.47. The lowest BCUT2D eigenvalue weighted by atomic mass is 9.79. The van der Waals surface area contributed by atoms with Gasteiger partial charge in [-0.2, -0.15) is 0 Å². The Hall–Kier alpha value is -0.0600. The molecule has 1 aliphatic rings. The van der Waals surface area contributed by atoms with Gasteiger partial charge < -0.3 is 10.1 Å². The smallest absolute Gasteiger partial charge is 0.136 e. The van der Waals surface area contributed by atoms with E-state index in [0.29, 0.717) is 5.92 Å². The highest BCUT2D eigenvalue weighted by molar-refractivity contribution is 9.11. The topological polar surface area (TPSA) is 21.3 Å². The van der Waals surface area contributed by atoms with E-state index in [2.05, 4.69) is 57.1 Å². The van der Waals surface area contributed by atoms with Crippen molar-refractivity contribution in [1.29, 1.82) is 0 Å². The lowest BCUT2D eigenvalue weighted by Gasteiger charge is -2.34. The zero-order chi connectivity index (χ0) is 14.0. The number of halogens is 2. The maximum absolute atomic E-state index is 5.57. The highest BCUT2D eigenvalue weighted by atomic mass is 79.9. The van der Waals surface area contributed by atoms with Gasteiger partial charge in [0.15, 0.2) is 0 Å². The van der Waals surface area contributed by atoms with Crippen LogP contribution >= 0.6 is 31.9 Å². The van der Waals surface area contributed by atoms with Crippen LogP contribution in [0, 0.1) is 5.92 Å². The Morgan fingerprint density at radius 3 is 2.63 bits per heavy atom. The van der Waals surface area contributed by atoms with E-state index < -0.39 is 0 Å². The van der Waals surface area contributed by atoms with Gasteiger partial charge in [-0.15, -0.1) is 0 Å². The molecule has 0 amide bonds. The van der Waals surface area contributed by atoms with Gasteiger partial charge in [0, 0.05) is 10.0 Å². The average Bonchev–Trinajstić information content (AvgIpc) is 2.78. The largest absolute Gasteiger partial charge is 0.495 e.